The Morgan fingerprint density at radius 1 is 0.909 bits per heavy atom. The number of hydrogen-bond acceptors (Lipinski definition) is 1. The van der Waals surface area contributed by atoms with E-state index < -0.39 is 0 Å². The maximum Gasteiger partial charge on any atom is 0.251 e. The second-order valence-corrected chi connectivity index (χ2v) is 10.9. The monoisotopic (exact) mass is 443 g/mol. The molecule has 2 aromatic carbocycles. The number of nitrogens with zero attached hydrogens (tertiary/aromatic N) is 1. The van der Waals surface area contributed by atoms with Gasteiger partial charge < -0.3 is 9.80 Å². The van der Waals surface area contributed by atoms with E-state index in [4.69, 9.17) is 0 Å². The quantitative estimate of drug-likeness (QED) is 0.504. The molecule has 1 amide bonds. The largest absolute Gasteiger partial charge is 0.322 e. The zero-order chi connectivity index (χ0) is 22.7. The topological polar surface area (TPSA) is 29.1 Å². The van der Waals surface area contributed by atoms with E-state index in [1.54, 1.807) is 0 Å². The average Bonchev–Trinajstić information content (AvgIpc) is 2.85. The Morgan fingerprint density at radius 3 is 2.39 bits per heavy atom. The first-order valence-electron chi connectivity index (χ1n) is 13.2. The van der Waals surface area contributed by atoms with Crippen molar-refractivity contribution in [1.29, 1.82) is 0 Å². The van der Waals surface area contributed by atoms with Crippen LogP contribution in [0.2, 0.25) is 0 Å². The fraction of sp³-hybridized carbons (Fsp3) is 0.500. The Labute approximate surface area is 199 Å². The van der Waals surface area contributed by atoms with Gasteiger partial charge in [0, 0.05) is 16.8 Å². The standard InChI is InChI=1S/C30H38N2O/c1-32(18-6-3-7-19-32)22-23-10-16-29(17-11-23)31-30(33)27-15-13-25-12-14-26(20-28(25)21-27)24-8-4-2-5-9-24/h10-12,14,16-17,20-21,24H,2-9,13,15,18-19,22H2,1H3/p+1. The number of carbonyl (C=O) groups is 1. The summed E-state index contributed by atoms with van der Waals surface area (Å²) in [6.45, 7) is 3.63. The fourth-order valence-corrected chi connectivity index (χ4v) is 6.15. The summed E-state index contributed by atoms with van der Waals surface area (Å²) >= 11 is 0. The van der Waals surface area contributed by atoms with Crippen molar-refractivity contribution in [3.8, 4) is 0 Å². The molecular weight excluding hydrogens is 404 g/mol. The fourth-order valence-electron chi connectivity index (χ4n) is 6.15. The Hall–Kier alpha value is -2.39. The van der Waals surface area contributed by atoms with Crippen LogP contribution in [-0.4, -0.2) is 30.5 Å². The summed E-state index contributed by atoms with van der Waals surface area (Å²) < 4.78 is 1.14. The summed E-state index contributed by atoms with van der Waals surface area (Å²) in [5.41, 5.74) is 7.25. The van der Waals surface area contributed by atoms with Gasteiger partial charge in [-0.05, 0) is 85.8 Å². The van der Waals surface area contributed by atoms with Gasteiger partial charge in [-0.25, -0.2) is 0 Å². The van der Waals surface area contributed by atoms with E-state index in [1.165, 1.54) is 86.7 Å². The van der Waals surface area contributed by atoms with Crippen LogP contribution in [0.4, 0.5) is 5.69 Å². The van der Waals surface area contributed by atoms with Crippen molar-refractivity contribution in [1.82, 2.24) is 0 Å². The van der Waals surface area contributed by atoms with E-state index in [0.717, 1.165) is 35.1 Å². The molecule has 0 bridgehead atoms. The number of likely N-dealkylation sites (tertiary alicyclic amines) is 1. The van der Waals surface area contributed by atoms with Crippen molar-refractivity contribution >= 4 is 17.7 Å². The number of benzene rings is 2. The smallest absolute Gasteiger partial charge is 0.251 e. The number of anilines is 1. The molecule has 2 aliphatic carbocycles. The first-order valence-corrected chi connectivity index (χ1v) is 13.2. The van der Waals surface area contributed by atoms with Gasteiger partial charge in [-0.15, -0.1) is 0 Å². The molecule has 0 aromatic heterocycles. The Morgan fingerprint density at radius 2 is 1.64 bits per heavy atom. The maximum atomic E-state index is 13.0. The van der Waals surface area contributed by atoms with Crippen LogP contribution >= 0.6 is 0 Å². The molecule has 2 aromatic rings. The van der Waals surface area contributed by atoms with Gasteiger partial charge in [-0.2, -0.15) is 0 Å². The number of hydrogen-bond donors (Lipinski definition) is 1. The minimum absolute atomic E-state index is 0.0477. The number of piperidine rings is 1. The van der Waals surface area contributed by atoms with Gasteiger partial charge in [0.1, 0.15) is 6.54 Å². The number of fused-ring (bicyclic) bond motifs is 1. The number of nitrogens with one attached hydrogen (secondary N) is 1. The van der Waals surface area contributed by atoms with Gasteiger partial charge in [-0.1, -0.05) is 49.6 Å². The van der Waals surface area contributed by atoms with Crippen LogP contribution < -0.4 is 5.32 Å². The number of quaternary nitrogens is 1. The summed E-state index contributed by atoms with van der Waals surface area (Å²) in [6, 6.07) is 15.5. The van der Waals surface area contributed by atoms with Crippen LogP contribution in [0, 0.1) is 0 Å². The predicted molar refractivity (Wildman–Crippen MR) is 137 cm³/mol. The van der Waals surface area contributed by atoms with Crippen LogP contribution in [0.25, 0.3) is 6.08 Å². The first kappa shape index (κ1) is 22.4. The van der Waals surface area contributed by atoms with E-state index in [2.05, 4.69) is 60.9 Å². The number of carbonyl (C=O) groups excluding carboxylic acids is 1. The molecule has 2 fully saturated rings. The first-order chi connectivity index (χ1) is 16.1. The lowest BCUT2D eigenvalue weighted by atomic mass is 9.81. The minimum Gasteiger partial charge on any atom is -0.322 e. The molecule has 3 heteroatoms. The number of amides is 1. The molecule has 1 saturated carbocycles. The molecule has 1 N–H and O–H groups in total. The molecule has 0 radical (unpaired) electrons. The molecule has 33 heavy (non-hydrogen) atoms. The molecule has 0 atom stereocenters. The lowest BCUT2D eigenvalue weighted by Gasteiger charge is -2.37. The molecule has 3 nitrogen and oxygen atoms in total. The van der Waals surface area contributed by atoms with Crippen LogP contribution in [0.15, 0.2) is 48.0 Å². The van der Waals surface area contributed by atoms with Crippen molar-refractivity contribution in [2.24, 2.45) is 0 Å². The van der Waals surface area contributed by atoms with Crippen LogP contribution in [0.3, 0.4) is 0 Å². The van der Waals surface area contributed by atoms with Gasteiger partial charge in [0.15, 0.2) is 0 Å². The van der Waals surface area contributed by atoms with E-state index in [-0.39, 0.29) is 5.91 Å². The Bertz CT molecular complexity index is 1010. The summed E-state index contributed by atoms with van der Waals surface area (Å²) in [5.74, 6) is 0.746. The normalized spacial score (nSPS) is 20.6. The van der Waals surface area contributed by atoms with Crippen molar-refractivity contribution in [3.05, 3.63) is 70.3 Å². The summed E-state index contributed by atoms with van der Waals surface area (Å²) in [7, 11) is 2.38. The third-order valence-electron chi connectivity index (χ3n) is 8.20. The molecule has 0 spiro atoms. The highest BCUT2D eigenvalue weighted by molar-refractivity contribution is 6.07. The van der Waals surface area contributed by atoms with Gasteiger partial charge in [-0.3, -0.25) is 4.79 Å². The van der Waals surface area contributed by atoms with E-state index in [0.29, 0.717) is 5.92 Å². The highest BCUT2D eigenvalue weighted by atomic mass is 16.1. The molecule has 0 unspecified atom stereocenters. The molecule has 174 valence electrons. The summed E-state index contributed by atoms with van der Waals surface area (Å²) in [5, 5.41) is 3.15. The molecular formula is C30H39N2O+. The summed E-state index contributed by atoms with van der Waals surface area (Å²) in [4.78, 5) is 13.0. The van der Waals surface area contributed by atoms with Crippen molar-refractivity contribution < 1.29 is 9.28 Å². The highest BCUT2D eigenvalue weighted by Gasteiger charge is 2.25. The average molecular weight is 444 g/mol. The minimum atomic E-state index is 0.0477. The van der Waals surface area contributed by atoms with Gasteiger partial charge >= 0.3 is 0 Å². The van der Waals surface area contributed by atoms with E-state index >= 15 is 0 Å². The molecule has 1 saturated heterocycles. The second kappa shape index (κ2) is 9.85. The lowest BCUT2D eigenvalue weighted by Crippen LogP contribution is -2.46. The summed E-state index contributed by atoms with van der Waals surface area (Å²) in [6.07, 6.45) is 14.7. The predicted octanol–water partition coefficient (Wildman–Crippen LogP) is 6.83. The van der Waals surface area contributed by atoms with E-state index in [9.17, 15) is 4.79 Å². The lowest BCUT2D eigenvalue weighted by molar-refractivity contribution is -0.926. The van der Waals surface area contributed by atoms with Crippen molar-refractivity contribution in [2.45, 2.75) is 76.7 Å². The zero-order valence-electron chi connectivity index (χ0n) is 20.2. The van der Waals surface area contributed by atoms with Gasteiger partial charge in [0.05, 0.1) is 20.1 Å². The van der Waals surface area contributed by atoms with Crippen molar-refractivity contribution in [2.75, 3.05) is 25.5 Å². The third kappa shape index (κ3) is 5.41. The third-order valence-corrected chi connectivity index (χ3v) is 8.20. The van der Waals surface area contributed by atoms with Gasteiger partial charge in [0.2, 0.25) is 0 Å². The van der Waals surface area contributed by atoms with E-state index in [1.807, 2.05) is 0 Å². The second-order valence-electron chi connectivity index (χ2n) is 10.9. The SMILES string of the molecule is C[N+]1(Cc2ccc(NC(=O)C3=Cc4cc(C5CCCCC5)ccc4CC3)cc2)CCCCC1. The van der Waals surface area contributed by atoms with Gasteiger partial charge in [0.25, 0.3) is 5.91 Å². The van der Waals surface area contributed by atoms with Crippen LogP contribution in [0.1, 0.15) is 86.0 Å². The zero-order valence-corrected chi connectivity index (χ0v) is 20.2. The molecule has 5 rings (SSSR count). The Kier molecular flexibility index (Phi) is 6.69. The number of aryl methyl sites for hydroxylation is 1. The van der Waals surface area contributed by atoms with Crippen molar-refractivity contribution in [3.63, 3.8) is 0 Å². The maximum absolute atomic E-state index is 13.0. The molecule has 1 aliphatic heterocycles. The van der Waals surface area contributed by atoms with Crippen LogP contribution in [0.5, 0.6) is 0 Å². The van der Waals surface area contributed by atoms with Crippen LogP contribution in [-0.2, 0) is 17.8 Å². The Balaban J connectivity index is 1.24. The molecule has 3 aliphatic rings. The molecule has 1 heterocycles. The number of rotatable bonds is 5. The highest BCUT2D eigenvalue weighted by Crippen LogP contribution is 2.35.